The minimum absolute atomic E-state index is 0.103. The van der Waals surface area contributed by atoms with Crippen LogP contribution >= 0.6 is 0 Å². The Hall–Kier alpha value is -0.440. The van der Waals surface area contributed by atoms with Crippen LogP contribution in [0.5, 0.6) is 0 Å². The lowest BCUT2D eigenvalue weighted by molar-refractivity contribution is -0.283. The molecule has 2 aliphatic heterocycles. The zero-order valence-electron chi connectivity index (χ0n) is 17.9. The molecule has 3 fully saturated rings. The molecule has 0 radical (unpaired) electrons. The van der Waals surface area contributed by atoms with E-state index in [1.165, 1.54) is 0 Å². The summed E-state index contributed by atoms with van der Waals surface area (Å²) in [5.41, 5.74) is 23.4. The lowest BCUT2D eigenvalue weighted by Gasteiger charge is -2.47. The van der Waals surface area contributed by atoms with Gasteiger partial charge in [0.25, 0.3) is 0 Å². The van der Waals surface area contributed by atoms with E-state index in [2.05, 4.69) is 5.32 Å². The van der Waals surface area contributed by atoms with Crippen LogP contribution in [0.2, 0.25) is 0 Å². The van der Waals surface area contributed by atoms with Gasteiger partial charge in [-0.1, -0.05) is 0 Å². The number of aliphatic hydroxyl groups is 2. The van der Waals surface area contributed by atoms with E-state index in [-0.39, 0.29) is 24.8 Å². The maximum Gasteiger partial charge on any atom is 0.173 e. The van der Waals surface area contributed by atoms with Crippen LogP contribution in [0.4, 0.5) is 0 Å². The van der Waals surface area contributed by atoms with Crippen LogP contribution in [0.1, 0.15) is 32.6 Å². The average Bonchev–Trinajstić information content (AvgIpc) is 2.70. The second kappa shape index (κ2) is 10.0. The Balaban J connectivity index is 1.64. The number of rotatable bonds is 6. The lowest BCUT2D eigenvalue weighted by atomic mass is 9.84. The normalized spacial score (nSPS) is 50.4. The van der Waals surface area contributed by atoms with Gasteiger partial charge >= 0.3 is 0 Å². The smallest absolute Gasteiger partial charge is 0.173 e. The van der Waals surface area contributed by atoms with E-state index >= 15 is 0 Å². The maximum atomic E-state index is 11.0. The highest BCUT2D eigenvalue weighted by atomic mass is 16.7. The minimum atomic E-state index is -1.09. The van der Waals surface area contributed by atoms with Gasteiger partial charge in [0.05, 0.1) is 18.8 Å². The average molecular weight is 434 g/mol. The molecule has 176 valence electrons. The first-order valence-electron chi connectivity index (χ1n) is 10.8. The van der Waals surface area contributed by atoms with Gasteiger partial charge in [0.2, 0.25) is 0 Å². The van der Waals surface area contributed by atoms with Crippen molar-refractivity contribution in [3.05, 3.63) is 0 Å². The molecule has 11 heteroatoms. The summed E-state index contributed by atoms with van der Waals surface area (Å²) in [6, 6.07) is -1.54. The molecule has 2 saturated heterocycles. The van der Waals surface area contributed by atoms with Crippen LogP contribution in [-0.2, 0) is 18.9 Å². The van der Waals surface area contributed by atoms with Crippen molar-refractivity contribution in [2.45, 2.75) is 99.4 Å². The Bertz CT molecular complexity index is 558. The monoisotopic (exact) mass is 433 g/mol. The number of nitrogens with two attached hydrogens (primary N) is 4. The zero-order chi connectivity index (χ0) is 22.1. The molecule has 2 heterocycles. The molecule has 0 spiro atoms. The molecular formula is C19H39N5O6. The SMILES string of the molecule is CNC1C[C@H](OC2C(O)[C@@H](O[C@@H]3OC(CN)CCC3N)C(N)C[C@H]2N)OC[C@]1(C)O. The van der Waals surface area contributed by atoms with Crippen molar-refractivity contribution >= 4 is 0 Å². The second-order valence-electron chi connectivity index (χ2n) is 9.03. The lowest BCUT2D eigenvalue weighted by Crippen LogP contribution is -2.66. The summed E-state index contributed by atoms with van der Waals surface area (Å²) in [5, 5.41) is 24.5. The number of hydrogen-bond donors (Lipinski definition) is 7. The highest BCUT2D eigenvalue weighted by Crippen LogP contribution is 2.31. The predicted molar refractivity (Wildman–Crippen MR) is 109 cm³/mol. The molecule has 30 heavy (non-hydrogen) atoms. The fraction of sp³-hybridized carbons (Fsp3) is 1.00. The van der Waals surface area contributed by atoms with Gasteiger partial charge in [-0.3, -0.25) is 0 Å². The highest BCUT2D eigenvalue weighted by molar-refractivity contribution is 5.00. The Labute approximate surface area is 177 Å². The molecule has 0 aromatic heterocycles. The van der Waals surface area contributed by atoms with Gasteiger partial charge < -0.3 is 57.4 Å². The van der Waals surface area contributed by atoms with Crippen LogP contribution in [0.3, 0.4) is 0 Å². The van der Waals surface area contributed by atoms with Gasteiger partial charge in [-0.2, -0.15) is 0 Å². The molecule has 3 rings (SSSR count). The number of aliphatic hydroxyl groups excluding tert-OH is 1. The quantitative estimate of drug-likeness (QED) is 0.226. The summed E-state index contributed by atoms with van der Waals surface area (Å²) in [7, 11) is 1.77. The number of likely N-dealkylation sites (N-methyl/N-ethyl adjacent to an activating group) is 1. The Morgan fingerprint density at radius 1 is 1.07 bits per heavy atom. The van der Waals surface area contributed by atoms with Crippen molar-refractivity contribution < 1.29 is 29.2 Å². The summed E-state index contributed by atoms with van der Waals surface area (Å²) in [6.45, 7) is 2.18. The molecule has 0 aromatic rings. The molecule has 1 aliphatic carbocycles. The second-order valence-corrected chi connectivity index (χ2v) is 9.03. The highest BCUT2D eigenvalue weighted by Gasteiger charge is 2.47. The van der Waals surface area contributed by atoms with Crippen LogP contribution in [0.25, 0.3) is 0 Å². The van der Waals surface area contributed by atoms with Crippen LogP contribution in [-0.4, -0.2) is 97.2 Å². The van der Waals surface area contributed by atoms with E-state index in [0.29, 0.717) is 25.8 Å². The van der Waals surface area contributed by atoms with Gasteiger partial charge in [0, 0.05) is 31.1 Å². The molecule has 0 amide bonds. The summed E-state index contributed by atoms with van der Waals surface area (Å²) in [6.07, 6.45) is -1.77. The Morgan fingerprint density at radius 3 is 2.37 bits per heavy atom. The molecule has 3 aliphatic rings. The van der Waals surface area contributed by atoms with Crippen molar-refractivity contribution in [1.29, 1.82) is 0 Å². The number of ether oxygens (including phenoxy) is 4. The molecular weight excluding hydrogens is 394 g/mol. The van der Waals surface area contributed by atoms with Crippen molar-refractivity contribution in [2.24, 2.45) is 22.9 Å². The Kier molecular flexibility index (Phi) is 8.07. The maximum absolute atomic E-state index is 11.0. The summed E-state index contributed by atoms with van der Waals surface area (Å²) < 4.78 is 23.6. The Morgan fingerprint density at radius 2 is 1.73 bits per heavy atom. The van der Waals surface area contributed by atoms with E-state index in [4.69, 9.17) is 41.9 Å². The third-order valence-corrected chi connectivity index (χ3v) is 6.51. The van der Waals surface area contributed by atoms with Gasteiger partial charge in [-0.15, -0.1) is 0 Å². The molecule has 0 bridgehead atoms. The van der Waals surface area contributed by atoms with Crippen molar-refractivity contribution in [2.75, 3.05) is 20.2 Å². The minimum Gasteiger partial charge on any atom is -0.388 e. The first kappa shape index (κ1) is 24.2. The summed E-state index contributed by atoms with van der Waals surface area (Å²) in [4.78, 5) is 0. The van der Waals surface area contributed by atoms with E-state index in [1.54, 1.807) is 14.0 Å². The summed E-state index contributed by atoms with van der Waals surface area (Å²) >= 11 is 0. The van der Waals surface area contributed by atoms with Crippen LogP contribution < -0.4 is 28.3 Å². The molecule has 0 aromatic carbocycles. The third-order valence-electron chi connectivity index (χ3n) is 6.51. The van der Waals surface area contributed by atoms with Crippen LogP contribution in [0, 0.1) is 0 Å². The molecule has 6 unspecified atom stereocenters. The largest absolute Gasteiger partial charge is 0.388 e. The first-order chi connectivity index (χ1) is 14.2. The fourth-order valence-corrected chi connectivity index (χ4v) is 4.55. The van der Waals surface area contributed by atoms with Crippen molar-refractivity contribution in [3.8, 4) is 0 Å². The molecule has 11 N–H and O–H groups in total. The first-order valence-corrected chi connectivity index (χ1v) is 10.8. The molecule has 1 saturated carbocycles. The van der Waals surface area contributed by atoms with Gasteiger partial charge in [0.15, 0.2) is 12.6 Å². The van der Waals surface area contributed by atoms with Crippen molar-refractivity contribution in [3.63, 3.8) is 0 Å². The van der Waals surface area contributed by atoms with Gasteiger partial charge in [-0.05, 0) is 33.2 Å². The van der Waals surface area contributed by atoms with Crippen molar-refractivity contribution in [1.82, 2.24) is 5.32 Å². The van der Waals surface area contributed by atoms with Crippen LogP contribution in [0.15, 0.2) is 0 Å². The van der Waals surface area contributed by atoms with E-state index in [0.717, 1.165) is 6.42 Å². The van der Waals surface area contributed by atoms with Gasteiger partial charge in [-0.25, -0.2) is 0 Å². The fourth-order valence-electron chi connectivity index (χ4n) is 4.55. The van der Waals surface area contributed by atoms with E-state index in [1.807, 2.05) is 0 Å². The topological polar surface area (TPSA) is 193 Å². The number of nitrogens with one attached hydrogen (secondary N) is 1. The molecule has 11 nitrogen and oxygen atoms in total. The van der Waals surface area contributed by atoms with Gasteiger partial charge in [0.1, 0.15) is 23.9 Å². The third kappa shape index (κ3) is 5.30. The van der Waals surface area contributed by atoms with E-state index in [9.17, 15) is 10.2 Å². The zero-order valence-corrected chi connectivity index (χ0v) is 17.9. The standard InChI is InChI=1S/C19H39N5O6/c1-19(26)8-27-14(6-13(19)24-2)29-16-11(22)5-12(23)17(15(16)25)30-18-10(21)4-3-9(7-20)28-18/h9-18,24-26H,3-8,20-23H2,1-2H3/t9?,10?,11-,12?,13?,14+,15?,16?,17+,18+,19+/m1/s1. The number of hydrogen-bond acceptors (Lipinski definition) is 11. The predicted octanol–water partition coefficient (Wildman–Crippen LogP) is -2.95. The molecule has 11 atom stereocenters. The van der Waals surface area contributed by atoms with E-state index < -0.39 is 48.6 Å². The summed E-state index contributed by atoms with van der Waals surface area (Å²) in [5.74, 6) is 0.